The van der Waals surface area contributed by atoms with Gasteiger partial charge in [0.2, 0.25) is 12.4 Å². The molecule has 1 aliphatic carbocycles. The number of rotatable bonds is 2. The molecular formula is C27H21N2+. The monoisotopic (exact) mass is 373 g/mol. The van der Waals surface area contributed by atoms with Crippen LogP contribution in [0.3, 0.4) is 0 Å². The summed E-state index contributed by atoms with van der Waals surface area (Å²) in [7, 11) is 0. The molecule has 1 aliphatic heterocycles. The van der Waals surface area contributed by atoms with Gasteiger partial charge in [-0.25, -0.2) is 0 Å². The number of fused-ring (bicyclic) bond motifs is 4. The molecule has 2 heteroatoms. The summed E-state index contributed by atoms with van der Waals surface area (Å²) in [5.41, 5.74) is 10.6. The van der Waals surface area contributed by atoms with Crippen molar-refractivity contribution in [1.29, 1.82) is 0 Å². The molecule has 29 heavy (non-hydrogen) atoms. The van der Waals surface area contributed by atoms with Crippen molar-refractivity contribution in [1.82, 2.24) is 0 Å². The van der Waals surface area contributed by atoms with E-state index < -0.39 is 0 Å². The predicted molar refractivity (Wildman–Crippen MR) is 120 cm³/mol. The number of hydrogen-bond acceptors (Lipinski definition) is 1. The molecule has 0 unspecified atom stereocenters. The average molecular weight is 373 g/mol. The third-order valence-electron chi connectivity index (χ3n) is 6.02. The van der Waals surface area contributed by atoms with E-state index in [-0.39, 0.29) is 0 Å². The molecule has 4 aromatic rings. The van der Waals surface area contributed by atoms with E-state index in [1.165, 1.54) is 44.9 Å². The fraction of sp³-hybridized carbons (Fsp3) is 0.0741. The molecule has 0 spiro atoms. The summed E-state index contributed by atoms with van der Waals surface area (Å²) in [4.78, 5) is 2.40. The lowest BCUT2D eigenvalue weighted by Gasteiger charge is -2.27. The predicted octanol–water partition coefficient (Wildman–Crippen LogP) is 6.13. The van der Waals surface area contributed by atoms with Crippen molar-refractivity contribution in [3.8, 4) is 11.1 Å². The Kier molecular flexibility index (Phi) is 3.63. The van der Waals surface area contributed by atoms with E-state index in [0.717, 1.165) is 13.1 Å². The zero-order valence-electron chi connectivity index (χ0n) is 16.1. The molecule has 0 saturated carbocycles. The lowest BCUT2D eigenvalue weighted by atomic mass is 10.0. The van der Waals surface area contributed by atoms with Gasteiger partial charge in [0.25, 0.3) is 0 Å². The fourth-order valence-electron chi connectivity index (χ4n) is 4.66. The van der Waals surface area contributed by atoms with Crippen LogP contribution in [0.2, 0.25) is 0 Å². The molecule has 6 rings (SSSR count). The van der Waals surface area contributed by atoms with Gasteiger partial charge in [-0.1, -0.05) is 66.7 Å². The van der Waals surface area contributed by atoms with Crippen LogP contribution in [0.25, 0.3) is 11.1 Å². The fourth-order valence-corrected chi connectivity index (χ4v) is 4.66. The van der Waals surface area contributed by atoms with Crippen LogP contribution >= 0.6 is 0 Å². The second-order valence-electron chi connectivity index (χ2n) is 7.70. The Hall–Kier alpha value is -3.65. The minimum Gasteiger partial charge on any atom is -0.285 e. The molecule has 4 aromatic carbocycles. The van der Waals surface area contributed by atoms with Crippen molar-refractivity contribution in [3.63, 3.8) is 0 Å². The molecule has 0 aromatic heterocycles. The Labute approximate surface area is 171 Å². The van der Waals surface area contributed by atoms with Crippen LogP contribution < -0.4 is 4.90 Å². The highest BCUT2D eigenvalue weighted by atomic mass is 15.3. The number of benzene rings is 4. The van der Waals surface area contributed by atoms with E-state index in [1.54, 1.807) is 0 Å². The standard InChI is InChI=1S/C27H21N2/c1-2-11-22(12-3-1)29-19-28(18-21-10-5-7-15-26(21)29)27-16-8-14-24-23-13-6-4-9-20(23)17-25(24)27/h1-16,18H,17,19H2/q+1. The van der Waals surface area contributed by atoms with Crippen LogP contribution in [0.5, 0.6) is 0 Å². The Morgan fingerprint density at radius 3 is 2.34 bits per heavy atom. The van der Waals surface area contributed by atoms with Crippen molar-refractivity contribution >= 4 is 23.3 Å². The number of nitrogens with zero attached hydrogens (tertiary/aromatic N) is 2. The van der Waals surface area contributed by atoms with Gasteiger partial charge >= 0.3 is 0 Å². The third kappa shape index (κ3) is 2.60. The molecule has 0 N–H and O–H groups in total. The first-order valence-corrected chi connectivity index (χ1v) is 10.1. The molecule has 2 nitrogen and oxygen atoms in total. The minimum atomic E-state index is 0.799. The van der Waals surface area contributed by atoms with Gasteiger partial charge in [0.05, 0.1) is 11.3 Å². The van der Waals surface area contributed by atoms with Gasteiger partial charge in [-0.3, -0.25) is 4.90 Å². The van der Waals surface area contributed by atoms with E-state index in [9.17, 15) is 0 Å². The van der Waals surface area contributed by atoms with Crippen molar-refractivity contribution in [2.24, 2.45) is 0 Å². The van der Waals surface area contributed by atoms with E-state index in [4.69, 9.17) is 0 Å². The van der Waals surface area contributed by atoms with Crippen LogP contribution in [0.15, 0.2) is 97.1 Å². The Morgan fingerprint density at radius 2 is 1.41 bits per heavy atom. The highest BCUT2D eigenvalue weighted by molar-refractivity contribution is 5.90. The summed E-state index contributed by atoms with van der Waals surface area (Å²) >= 11 is 0. The molecule has 0 atom stereocenters. The zero-order chi connectivity index (χ0) is 19.2. The highest BCUT2D eigenvalue weighted by Gasteiger charge is 2.30. The smallest absolute Gasteiger partial charge is 0.228 e. The number of para-hydroxylation sites is 2. The van der Waals surface area contributed by atoms with E-state index in [1.807, 2.05) is 0 Å². The Morgan fingerprint density at radius 1 is 0.655 bits per heavy atom. The summed E-state index contributed by atoms with van der Waals surface area (Å²) in [5.74, 6) is 0. The molecule has 1 heterocycles. The minimum absolute atomic E-state index is 0.799. The van der Waals surface area contributed by atoms with Gasteiger partial charge < -0.3 is 0 Å². The maximum Gasteiger partial charge on any atom is 0.228 e. The van der Waals surface area contributed by atoms with Gasteiger partial charge in [0, 0.05) is 23.7 Å². The van der Waals surface area contributed by atoms with Crippen molar-refractivity contribution < 1.29 is 4.58 Å². The van der Waals surface area contributed by atoms with Crippen molar-refractivity contribution in [2.75, 3.05) is 11.6 Å². The maximum atomic E-state index is 2.40. The van der Waals surface area contributed by atoms with Gasteiger partial charge in [-0.15, -0.1) is 0 Å². The summed E-state index contributed by atoms with van der Waals surface area (Å²) in [6.07, 6.45) is 3.30. The number of hydrogen-bond donors (Lipinski definition) is 0. The highest BCUT2D eigenvalue weighted by Crippen LogP contribution is 2.42. The maximum absolute atomic E-state index is 2.40. The molecule has 0 amide bonds. The van der Waals surface area contributed by atoms with Gasteiger partial charge in [-0.05, 0) is 41.0 Å². The van der Waals surface area contributed by atoms with Crippen molar-refractivity contribution in [2.45, 2.75) is 6.42 Å². The quantitative estimate of drug-likeness (QED) is 0.337. The molecule has 0 bridgehead atoms. The topological polar surface area (TPSA) is 6.25 Å². The molecule has 138 valence electrons. The van der Waals surface area contributed by atoms with E-state index >= 15 is 0 Å². The summed E-state index contributed by atoms with van der Waals surface area (Å²) in [6.45, 7) is 0.799. The van der Waals surface area contributed by atoms with Gasteiger partial charge in [-0.2, -0.15) is 4.58 Å². The van der Waals surface area contributed by atoms with Gasteiger partial charge in [0.15, 0.2) is 6.21 Å². The molecule has 0 saturated heterocycles. The lowest BCUT2D eigenvalue weighted by molar-refractivity contribution is -0.434. The third-order valence-corrected chi connectivity index (χ3v) is 6.02. The van der Waals surface area contributed by atoms with Crippen molar-refractivity contribution in [3.05, 3.63) is 114 Å². The molecule has 0 radical (unpaired) electrons. The van der Waals surface area contributed by atoms with Gasteiger partial charge in [0.1, 0.15) is 0 Å². The van der Waals surface area contributed by atoms with E-state index in [2.05, 4.69) is 113 Å². The van der Waals surface area contributed by atoms with Crippen LogP contribution in [-0.4, -0.2) is 17.5 Å². The molecular weight excluding hydrogens is 352 g/mol. The summed E-state index contributed by atoms with van der Waals surface area (Å²) < 4.78 is 2.40. The van der Waals surface area contributed by atoms with Crippen LogP contribution in [-0.2, 0) is 6.42 Å². The first kappa shape index (κ1) is 16.3. The SMILES string of the molecule is C1=[N+](c2cccc3c2Cc2ccccc2-3)CN(c2ccccc2)c2ccccc21. The first-order chi connectivity index (χ1) is 14.4. The largest absolute Gasteiger partial charge is 0.285 e. The second kappa shape index (κ2) is 6.46. The summed E-state index contributed by atoms with van der Waals surface area (Å²) in [6, 6.07) is 34.8. The molecule has 2 aliphatic rings. The average Bonchev–Trinajstić information content (AvgIpc) is 3.18. The normalized spacial score (nSPS) is 14.1. The lowest BCUT2D eigenvalue weighted by Crippen LogP contribution is -2.32. The van der Waals surface area contributed by atoms with Crippen LogP contribution in [0.4, 0.5) is 17.1 Å². The second-order valence-corrected chi connectivity index (χ2v) is 7.70. The first-order valence-electron chi connectivity index (χ1n) is 10.1. The van der Waals surface area contributed by atoms with Crippen LogP contribution in [0, 0.1) is 0 Å². The van der Waals surface area contributed by atoms with Crippen LogP contribution in [0.1, 0.15) is 16.7 Å². The van der Waals surface area contributed by atoms with E-state index in [0.29, 0.717) is 0 Å². The summed E-state index contributed by atoms with van der Waals surface area (Å²) in [5, 5.41) is 0. The molecule has 0 fully saturated rings. The Bertz CT molecular complexity index is 1250. The zero-order valence-corrected chi connectivity index (χ0v) is 16.1. The number of anilines is 2. The Balaban J connectivity index is 1.50.